The number of ether oxygens (including phenoxy) is 1. The number of rotatable bonds is 4. The summed E-state index contributed by atoms with van der Waals surface area (Å²) in [6, 6.07) is 14.4. The third-order valence-corrected chi connectivity index (χ3v) is 4.27. The second-order valence-corrected chi connectivity index (χ2v) is 6.68. The molecule has 0 saturated carbocycles. The summed E-state index contributed by atoms with van der Waals surface area (Å²) in [5.41, 5.74) is 2.10. The van der Waals surface area contributed by atoms with Gasteiger partial charge in [0.05, 0.1) is 18.6 Å². The molecule has 0 spiro atoms. The maximum Gasteiger partial charge on any atom is 0.327 e. The average Bonchev–Trinajstić information content (AvgIpc) is 3.48. The number of hydrogen-bond acceptors (Lipinski definition) is 4. The Kier molecular flexibility index (Phi) is 8.85. The molecule has 0 aliphatic carbocycles. The predicted octanol–water partition coefficient (Wildman–Crippen LogP) is 4.30. The zero-order valence-corrected chi connectivity index (χ0v) is 16.2. The van der Waals surface area contributed by atoms with E-state index < -0.39 is 5.97 Å². The van der Waals surface area contributed by atoms with Gasteiger partial charge in [-0.3, -0.25) is 0 Å². The van der Waals surface area contributed by atoms with Gasteiger partial charge < -0.3 is 20.1 Å². The van der Waals surface area contributed by atoms with Crippen molar-refractivity contribution in [3.63, 3.8) is 0 Å². The van der Waals surface area contributed by atoms with E-state index in [9.17, 15) is 15.0 Å². The third-order valence-electron chi connectivity index (χ3n) is 3.93. The fourth-order valence-electron chi connectivity index (χ4n) is 2.08. The van der Waals surface area contributed by atoms with Crippen LogP contribution in [-0.4, -0.2) is 39.9 Å². The van der Waals surface area contributed by atoms with E-state index in [1.807, 2.05) is 24.3 Å². The summed E-state index contributed by atoms with van der Waals surface area (Å²) in [6.07, 6.45) is 1.23. The highest BCUT2D eigenvalue weighted by Gasteiger charge is 2.22. The van der Waals surface area contributed by atoms with Crippen LogP contribution in [0.2, 0.25) is 0 Å². The van der Waals surface area contributed by atoms with Crippen molar-refractivity contribution in [3.05, 3.63) is 72.3 Å². The minimum absolute atomic E-state index is 0.151. The summed E-state index contributed by atoms with van der Waals surface area (Å²) in [4.78, 5) is 9.25. The fourth-order valence-corrected chi connectivity index (χ4v) is 2.26. The largest absolute Gasteiger partial charge is 0.508 e. The van der Waals surface area contributed by atoms with Crippen LogP contribution < -0.4 is 0 Å². The molecular weight excluding hydrogens is 368 g/mol. The Balaban J connectivity index is 0.000000298. The van der Waals surface area contributed by atoms with Crippen molar-refractivity contribution in [2.45, 2.75) is 25.4 Å². The van der Waals surface area contributed by atoms with Crippen molar-refractivity contribution in [3.8, 4) is 11.5 Å². The van der Waals surface area contributed by atoms with Crippen LogP contribution in [-0.2, 0) is 14.9 Å². The molecule has 3 N–H and O–H groups in total. The zero-order chi connectivity index (χ0) is 20.4. The molecule has 2 aromatic carbocycles. The molecule has 27 heavy (non-hydrogen) atoms. The summed E-state index contributed by atoms with van der Waals surface area (Å²) in [7, 11) is 0. The molecule has 1 heterocycles. The van der Waals surface area contributed by atoms with Crippen LogP contribution in [0.1, 0.15) is 25.0 Å². The molecule has 0 aromatic heterocycles. The SMILES string of the molecule is C=CC(=O)O.CC(C)(c1ccc(O)cc1)c1ccc(O)cc1.ClCC1CO1. The second-order valence-electron chi connectivity index (χ2n) is 6.37. The molecule has 1 atom stereocenters. The first-order valence-electron chi connectivity index (χ1n) is 8.32. The molecule has 3 rings (SSSR count). The lowest BCUT2D eigenvalue weighted by Crippen LogP contribution is -2.18. The molecule has 1 saturated heterocycles. The number of carboxylic acids is 1. The number of aromatic hydroxyl groups is 2. The van der Waals surface area contributed by atoms with E-state index >= 15 is 0 Å². The lowest BCUT2D eigenvalue weighted by Gasteiger charge is -2.26. The highest BCUT2D eigenvalue weighted by molar-refractivity contribution is 6.18. The van der Waals surface area contributed by atoms with Gasteiger partial charge in [0, 0.05) is 11.5 Å². The highest BCUT2D eigenvalue weighted by atomic mass is 35.5. The van der Waals surface area contributed by atoms with Crippen LogP contribution in [0.25, 0.3) is 0 Å². The van der Waals surface area contributed by atoms with E-state index in [1.165, 1.54) is 0 Å². The molecule has 5 nitrogen and oxygen atoms in total. The van der Waals surface area contributed by atoms with Gasteiger partial charge >= 0.3 is 5.97 Å². The molecule has 0 amide bonds. The molecule has 1 fully saturated rings. The van der Waals surface area contributed by atoms with Gasteiger partial charge in [-0.25, -0.2) is 4.79 Å². The zero-order valence-electron chi connectivity index (χ0n) is 15.4. The van der Waals surface area contributed by atoms with E-state index in [-0.39, 0.29) is 16.9 Å². The summed E-state index contributed by atoms with van der Waals surface area (Å²) < 4.78 is 4.73. The van der Waals surface area contributed by atoms with Crippen molar-refractivity contribution in [1.29, 1.82) is 0 Å². The van der Waals surface area contributed by atoms with Gasteiger partial charge in [0.25, 0.3) is 0 Å². The second kappa shape index (κ2) is 10.6. The lowest BCUT2D eigenvalue weighted by molar-refractivity contribution is -0.131. The van der Waals surface area contributed by atoms with E-state index in [2.05, 4.69) is 20.4 Å². The maximum absolute atomic E-state index is 9.30. The van der Waals surface area contributed by atoms with Gasteiger partial charge in [-0.2, -0.15) is 0 Å². The number of carboxylic acid groups (broad SMARTS) is 1. The molecule has 146 valence electrons. The summed E-state index contributed by atoms with van der Waals surface area (Å²) >= 11 is 5.27. The lowest BCUT2D eigenvalue weighted by atomic mass is 9.78. The number of alkyl halides is 1. The highest BCUT2D eigenvalue weighted by Crippen LogP contribution is 2.32. The van der Waals surface area contributed by atoms with Gasteiger partial charge in [0.2, 0.25) is 0 Å². The van der Waals surface area contributed by atoms with Gasteiger partial charge in [-0.05, 0) is 35.4 Å². The molecule has 0 bridgehead atoms. The van der Waals surface area contributed by atoms with Crippen molar-refractivity contribution in [1.82, 2.24) is 0 Å². The Morgan fingerprint density at radius 1 is 1.11 bits per heavy atom. The number of phenols is 2. The predicted molar refractivity (Wildman–Crippen MR) is 107 cm³/mol. The molecule has 2 aromatic rings. The average molecular weight is 393 g/mol. The van der Waals surface area contributed by atoms with Crippen molar-refractivity contribution < 1.29 is 24.9 Å². The van der Waals surface area contributed by atoms with Crippen LogP contribution in [0.4, 0.5) is 0 Å². The first kappa shape index (κ1) is 22.5. The number of phenolic OH excluding ortho intramolecular Hbond substituents is 2. The van der Waals surface area contributed by atoms with Gasteiger partial charge in [-0.1, -0.05) is 44.7 Å². The topological polar surface area (TPSA) is 90.3 Å². The normalized spacial score (nSPS) is 14.7. The van der Waals surface area contributed by atoms with Crippen LogP contribution >= 0.6 is 11.6 Å². The number of halogens is 1. The number of epoxide rings is 1. The smallest absolute Gasteiger partial charge is 0.327 e. The van der Waals surface area contributed by atoms with Gasteiger partial charge in [0.1, 0.15) is 11.5 Å². The minimum atomic E-state index is -0.981. The van der Waals surface area contributed by atoms with Crippen LogP contribution in [0.5, 0.6) is 11.5 Å². The third kappa shape index (κ3) is 8.15. The minimum Gasteiger partial charge on any atom is -0.508 e. The molecule has 1 aliphatic rings. The maximum atomic E-state index is 9.30. The van der Waals surface area contributed by atoms with Crippen molar-refractivity contribution in [2.75, 3.05) is 12.5 Å². The van der Waals surface area contributed by atoms with Crippen LogP contribution in [0.15, 0.2) is 61.2 Å². The van der Waals surface area contributed by atoms with E-state index in [0.29, 0.717) is 12.0 Å². The Morgan fingerprint density at radius 2 is 1.44 bits per heavy atom. The molecule has 6 heteroatoms. The Morgan fingerprint density at radius 3 is 1.63 bits per heavy atom. The molecule has 0 radical (unpaired) electrons. The number of aliphatic carboxylic acids is 1. The first-order chi connectivity index (χ1) is 12.7. The van der Waals surface area contributed by atoms with E-state index in [1.54, 1.807) is 24.3 Å². The van der Waals surface area contributed by atoms with Crippen molar-refractivity contribution >= 4 is 17.6 Å². The number of benzene rings is 2. The Hall–Kier alpha value is -2.50. The monoisotopic (exact) mass is 392 g/mol. The summed E-state index contributed by atoms with van der Waals surface area (Å²) in [5.74, 6) is 0.232. The number of hydrogen-bond donors (Lipinski definition) is 3. The van der Waals surface area contributed by atoms with Crippen LogP contribution in [0, 0.1) is 0 Å². The number of carbonyl (C=O) groups is 1. The summed E-state index contributed by atoms with van der Waals surface area (Å²) in [5, 5.41) is 26.2. The van der Waals surface area contributed by atoms with E-state index in [0.717, 1.165) is 23.8 Å². The molecular formula is C21H25ClO5. The standard InChI is InChI=1S/C15H16O2.C3H5ClO.C3H4O2/c1-15(2,11-3-7-13(16)8-4-11)12-5-9-14(17)10-6-12;4-1-3-2-5-3;1-2-3(4)5/h3-10,16-17H,1-2H3;3H,1-2H2;2H,1H2,(H,4,5). The molecule has 1 aliphatic heterocycles. The van der Waals surface area contributed by atoms with Gasteiger partial charge in [-0.15, -0.1) is 11.6 Å². The quantitative estimate of drug-likeness (QED) is 0.410. The summed E-state index contributed by atoms with van der Waals surface area (Å²) in [6.45, 7) is 8.07. The Bertz CT molecular complexity index is 672. The molecule has 1 unspecified atom stereocenters. The Labute approximate surface area is 164 Å². The fraction of sp³-hybridized carbons (Fsp3) is 0.286. The van der Waals surface area contributed by atoms with Crippen LogP contribution in [0.3, 0.4) is 0 Å². The van der Waals surface area contributed by atoms with Crippen molar-refractivity contribution in [2.24, 2.45) is 0 Å². The first-order valence-corrected chi connectivity index (χ1v) is 8.86. The van der Waals surface area contributed by atoms with E-state index in [4.69, 9.17) is 21.4 Å². The van der Waals surface area contributed by atoms with Gasteiger partial charge in [0.15, 0.2) is 0 Å².